The maximum atomic E-state index is 12.1. The molecule has 82 valence electrons. The van der Waals surface area contributed by atoms with Crippen LogP contribution in [0.25, 0.3) is 5.57 Å². The summed E-state index contributed by atoms with van der Waals surface area (Å²) in [5.74, 6) is 0.0323. The molecule has 1 aromatic carbocycles. The highest BCUT2D eigenvalue weighted by atomic mass is 35.5. The van der Waals surface area contributed by atoms with Crippen LogP contribution in [0.2, 0.25) is 5.02 Å². The quantitative estimate of drug-likeness (QED) is 0.868. The third-order valence-corrected chi connectivity index (χ3v) is 2.02. The molecule has 0 aliphatic heterocycles. The lowest BCUT2D eigenvalue weighted by Crippen LogP contribution is -2.07. The van der Waals surface area contributed by atoms with Gasteiger partial charge in [0.1, 0.15) is 5.75 Å². The summed E-state index contributed by atoms with van der Waals surface area (Å²) in [7, 11) is 0. The Labute approximate surface area is 91.3 Å². The highest BCUT2D eigenvalue weighted by molar-refractivity contribution is 6.30. The molecule has 0 atom stereocenters. The summed E-state index contributed by atoms with van der Waals surface area (Å²) in [5, 5.41) is 0.418. The topological polar surface area (TPSA) is 35.2 Å². The molecule has 0 spiro atoms. The summed E-state index contributed by atoms with van der Waals surface area (Å²) in [6.45, 7) is 0.917. The third kappa shape index (κ3) is 3.18. The van der Waals surface area contributed by atoms with Gasteiger partial charge in [-0.3, -0.25) is 0 Å². The molecule has 0 fully saturated rings. The Bertz CT molecular complexity index is 368. The second-order valence-corrected chi connectivity index (χ2v) is 3.26. The minimum atomic E-state index is -2.88. The molecule has 0 aliphatic rings. The zero-order valence-electron chi connectivity index (χ0n) is 7.84. The standard InChI is InChI=1S/C10H10ClF2NO/c1-6(5-14)8-4-7(11)2-3-9(8)15-10(12)13/h2-4,10H,1,5,14H2. The lowest BCUT2D eigenvalue weighted by molar-refractivity contribution is -0.0500. The summed E-state index contributed by atoms with van der Waals surface area (Å²) in [6.07, 6.45) is 0. The van der Waals surface area contributed by atoms with Crippen molar-refractivity contribution >= 4 is 17.2 Å². The highest BCUT2D eigenvalue weighted by Gasteiger charge is 2.11. The van der Waals surface area contributed by atoms with Crippen molar-refractivity contribution in [3.05, 3.63) is 35.4 Å². The molecule has 0 saturated heterocycles. The van der Waals surface area contributed by atoms with Crippen LogP contribution in [0.1, 0.15) is 5.56 Å². The van der Waals surface area contributed by atoms with E-state index in [0.29, 0.717) is 16.2 Å². The van der Waals surface area contributed by atoms with Crippen LogP contribution in [-0.2, 0) is 0 Å². The van der Waals surface area contributed by atoms with Gasteiger partial charge in [-0.15, -0.1) is 0 Å². The van der Waals surface area contributed by atoms with Crippen LogP contribution >= 0.6 is 11.6 Å². The molecule has 1 aromatic rings. The minimum absolute atomic E-state index is 0.0323. The molecule has 0 saturated carbocycles. The predicted molar refractivity (Wildman–Crippen MR) is 56.2 cm³/mol. The summed E-state index contributed by atoms with van der Waals surface area (Å²) in [6, 6.07) is 4.33. The second kappa shape index (κ2) is 5.09. The average molecular weight is 234 g/mol. The molecule has 0 bridgehead atoms. The van der Waals surface area contributed by atoms with Gasteiger partial charge in [0.25, 0.3) is 0 Å². The van der Waals surface area contributed by atoms with Crippen LogP contribution < -0.4 is 10.5 Å². The Morgan fingerprint density at radius 1 is 1.53 bits per heavy atom. The smallest absolute Gasteiger partial charge is 0.387 e. The van der Waals surface area contributed by atoms with Gasteiger partial charge < -0.3 is 10.5 Å². The first-order valence-electron chi connectivity index (χ1n) is 4.17. The van der Waals surface area contributed by atoms with Gasteiger partial charge >= 0.3 is 6.61 Å². The fourth-order valence-electron chi connectivity index (χ4n) is 1.09. The molecule has 5 heteroatoms. The van der Waals surface area contributed by atoms with Crippen molar-refractivity contribution in [1.29, 1.82) is 0 Å². The van der Waals surface area contributed by atoms with Crippen molar-refractivity contribution in [1.82, 2.24) is 0 Å². The summed E-state index contributed by atoms with van der Waals surface area (Å²) in [4.78, 5) is 0. The molecule has 0 radical (unpaired) electrons. The summed E-state index contributed by atoms with van der Waals surface area (Å²) in [5.41, 5.74) is 6.27. The molecule has 0 aliphatic carbocycles. The average Bonchev–Trinajstić information content (AvgIpc) is 2.19. The van der Waals surface area contributed by atoms with Gasteiger partial charge in [-0.25, -0.2) is 0 Å². The van der Waals surface area contributed by atoms with E-state index in [1.807, 2.05) is 0 Å². The number of rotatable bonds is 4. The number of hydrogen-bond acceptors (Lipinski definition) is 2. The Balaban J connectivity index is 3.08. The van der Waals surface area contributed by atoms with E-state index in [0.717, 1.165) is 0 Å². The normalized spacial score (nSPS) is 10.5. The Morgan fingerprint density at radius 2 is 2.20 bits per heavy atom. The van der Waals surface area contributed by atoms with Crippen LogP contribution in [0.5, 0.6) is 5.75 Å². The second-order valence-electron chi connectivity index (χ2n) is 2.83. The maximum absolute atomic E-state index is 12.1. The molecule has 0 unspecified atom stereocenters. The zero-order valence-corrected chi connectivity index (χ0v) is 8.60. The van der Waals surface area contributed by atoms with Gasteiger partial charge in [-0.1, -0.05) is 18.2 Å². The molecular formula is C10H10ClF2NO. The highest BCUT2D eigenvalue weighted by Crippen LogP contribution is 2.29. The monoisotopic (exact) mass is 233 g/mol. The summed E-state index contributed by atoms with van der Waals surface area (Å²) >= 11 is 5.73. The van der Waals surface area contributed by atoms with E-state index in [1.54, 1.807) is 0 Å². The number of halogens is 3. The molecule has 2 N–H and O–H groups in total. The van der Waals surface area contributed by atoms with E-state index in [4.69, 9.17) is 17.3 Å². The molecule has 15 heavy (non-hydrogen) atoms. The largest absolute Gasteiger partial charge is 0.434 e. The van der Waals surface area contributed by atoms with E-state index >= 15 is 0 Å². The minimum Gasteiger partial charge on any atom is -0.434 e. The van der Waals surface area contributed by atoms with Gasteiger partial charge in [-0.05, 0) is 23.8 Å². The lowest BCUT2D eigenvalue weighted by atomic mass is 10.1. The van der Waals surface area contributed by atoms with Gasteiger partial charge in [-0.2, -0.15) is 8.78 Å². The van der Waals surface area contributed by atoms with Crippen molar-refractivity contribution in [3.63, 3.8) is 0 Å². The number of benzene rings is 1. The number of ether oxygens (including phenoxy) is 1. The third-order valence-electron chi connectivity index (χ3n) is 1.78. The molecule has 0 amide bonds. The van der Waals surface area contributed by atoms with Crippen LogP contribution in [-0.4, -0.2) is 13.2 Å². The fourth-order valence-corrected chi connectivity index (χ4v) is 1.26. The maximum Gasteiger partial charge on any atom is 0.387 e. The van der Waals surface area contributed by atoms with Gasteiger partial charge in [0.2, 0.25) is 0 Å². The van der Waals surface area contributed by atoms with Gasteiger partial charge in [0.15, 0.2) is 0 Å². The van der Waals surface area contributed by atoms with Crippen LogP contribution in [0.15, 0.2) is 24.8 Å². The Morgan fingerprint density at radius 3 is 2.73 bits per heavy atom. The molecule has 1 rings (SSSR count). The van der Waals surface area contributed by atoms with Crippen molar-refractivity contribution in [2.75, 3.05) is 6.54 Å². The van der Waals surface area contributed by atoms with Crippen LogP contribution in [0.3, 0.4) is 0 Å². The zero-order chi connectivity index (χ0) is 11.4. The van der Waals surface area contributed by atoms with E-state index in [1.165, 1.54) is 18.2 Å². The van der Waals surface area contributed by atoms with E-state index in [9.17, 15) is 8.78 Å². The Kier molecular flexibility index (Phi) is 4.05. The molecule has 0 heterocycles. The van der Waals surface area contributed by atoms with Crippen LogP contribution in [0, 0.1) is 0 Å². The first kappa shape index (κ1) is 11.9. The predicted octanol–water partition coefficient (Wildman–Crippen LogP) is 2.91. The first-order chi connectivity index (χ1) is 7.04. The van der Waals surface area contributed by atoms with Gasteiger partial charge in [0.05, 0.1) is 0 Å². The fraction of sp³-hybridized carbons (Fsp3) is 0.200. The van der Waals surface area contributed by atoms with Gasteiger partial charge in [0, 0.05) is 17.1 Å². The Hall–Kier alpha value is -1.13. The van der Waals surface area contributed by atoms with E-state index < -0.39 is 6.61 Å². The summed E-state index contributed by atoms with van der Waals surface area (Å²) < 4.78 is 28.4. The first-order valence-corrected chi connectivity index (χ1v) is 4.55. The van der Waals surface area contributed by atoms with Crippen LogP contribution in [0.4, 0.5) is 8.78 Å². The number of nitrogens with two attached hydrogens (primary N) is 1. The number of alkyl halides is 2. The van der Waals surface area contributed by atoms with E-state index in [2.05, 4.69) is 11.3 Å². The van der Waals surface area contributed by atoms with Crippen molar-refractivity contribution < 1.29 is 13.5 Å². The van der Waals surface area contributed by atoms with Crippen molar-refractivity contribution in [3.8, 4) is 5.75 Å². The van der Waals surface area contributed by atoms with Crippen molar-refractivity contribution in [2.24, 2.45) is 5.73 Å². The SMILES string of the molecule is C=C(CN)c1cc(Cl)ccc1OC(F)F. The number of hydrogen-bond donors (Lipinski definition) is 1. The van der Waals surface area contributed by atoms with E-state index in [-0.39, 0.29) is 12.3 Å². The van der Waals surface area contributed by atoms with Crippen molar-refractivity contribution in [2.45, 2.75) is 6.61 Å². The molecule has 2 nitrogen and oxygen atoms in total. The molecule has 0 aromatic heterocycles. The molecular weight excluding hydrogens is 224 g/mol. The lowest BCUT2D eigenvalue weighted by Gasteiger charge is -2.11.